The van der Waals surface area contributed by atoms with E-state index in [0.29, 0.717) is 59.8 Å². The number of anilines is 2. The van der Waals surface area contributed by atoms with Gasteiger partial charge in [-0.25, -0.2) is 9.59 Å². The highest BCUT2D eigenvalue weighted by atomic mass is 35.5. The van der Waals surface area contributed by atoms with Gasteiger partial charge in [0.05, 0.1) is 47.9 Å². The minimum Gasteiger partial charge on any atom is -0.489 e. The van der Waals surface area contributed by atoms with Crippen LogP contribution in [0.1, 0.15) is 124 Å². The second-order valence-corrected chi connectivity index (χ2v) is 20.1. The summed E-state index contributed by atoms with van der Waals surface area (Å²) in [7, 11) is 2.79. The molecule has 384 valence electrons. The summed E-state index contributed by atoms with van der Waals surface area (Å²) in [6.07, 6.45) is 12.5. The second-order valence-electron chi connectivity index (χ2n) is 19.9. The van der Waals surface area contributed by atoms with Gasteiger partial charge in [0.15, 0.2) is 0 Å². The van der Waals surface area contributed by atoms with Crippen LogP contribution in [0, 0.1) is 5.92 Å². The molecule has 2 fully saturated rings. The minimum atomic E-state index is -0.379. The predicted octanol–water partition coefficient (Wildman–Crippen LogP) is 14.0. The first-order valence-corrected chi connectivity index (χ1v) is 26.7. The first kappa shape index (κ1) is 50.9. The molecule has 1 aromatic heterocycles. The molecular weight excluding hydrogens is 962 g/mol. The van der Waals surface area contributed by atoms with Crippen LogP contribution in [0.15, 0.2) is 133 Å². The van der Waals surface area contributed by atoms with Gasteiger partial charge < -0.3 is 34.1 Å². The van der Waals surface area contributed by atoms with E-state index in [2.05, 4.69) is 27.3 Å². The highest BCUT2D eigenvalue weighted by molar-refractivity contribution is 6.29. The summed E-state index contributed by atoms with van der Waals surface area (Å²) < 4.78 is 24.2. The van der Waals surface area contributed by atoms with E-state index in [1.165, 1.54) is 75.0 Å². The molecule has 0 spiro atoms. The largest absolute Gasteiger partial charge is 0.489 e. The number of allylic oxidation sites excluding steroid dienone is 2. The highest BCUT2D eigenvalue weighted by Crippen LogP contribution is 2.50. The number of methoxy groups -OCH3 is 2. The smallest absolute Gasteiger partial charge is 0.337 e. The summed E-state index contributed by atoms with van der Waals surface area (Å²) in [6.45, 7) is 1.07. The molecule has 11 rings (SSSR count). The third-order valence-electron chi connectivity index (χ3n) is 15.1. The number of ether oxygens (including phenoxy) is 4. The summed E-state index contributed by atoms with van der Waals surface area (Å²) in [5, 5.41) is 7.22. The van der Waals surface area contributed by atoms with Crippen LogP contribution in [-0.2, 0) is 45.2 Å². The van der Waals surface area contributed by atoms with E-state index in [1.807, 2.05) is 121 Å². The van der Waals surface area contributed by atoms with Gasteiger partial charge in [-0.15, -0.1) is 11.6 Å². The maximum absolute atomic E-state index is 13.1. The van der Waals surface area contributed by atoms with E-state index < -0.39 is 0 Å². The van der Waals surface area contributed by atoms with Crippen molar-refractivity contribution in [1.82, 2.24) is 4.57 Å². The molecule has 2 N–H and O–H groups in total. The van der Waals surface area contributed by atoms with Gasteiger partial charge in [-0.1, -0.05) is 111 Å². The van der Waals surface area contributed by atoms with E-state index in [0.717, 1.165) is 75.8 Å². The molecule has 75 heavy (non-hydrogen) atoms. The zero-order valence-electron chi connectivity index (χ0n) is 42.6. The molecule has 2 saturated carbocycles. The molecule has 7 aromatic rings. The predicted molar refractivity (Wildman–Crippen MR) is 295 cm³/mol. The quantitative estimate of drug-likeness (QED) is 0.0861. The van der Waals surface area contributed by atoms with E-state index >= 15 is 0 Å². The monoisotopic (exact) mass is 1020 g/mol. The van der Waals surface area contributed by atoms with Crippen molar-refractivity contribution >= 4 is 68.8 Å². The number of rotatable bonds is 13. The van der Waals surface area contributed by atoms with Gasteiger partial charge in [0.25, 0.3) is 0 Å². The van der Waals surface area contributed by atoms with Crippen LogP contribution in [0.5, 0.6) is 11.5 Å². The van der Waals surface area contributed by atoms with Crippen LogP contribution >= 0.6 is 11.6 Å². The Balaban J connectivity index is 0.000000171. The third-order valence-corrected chi connectivity index (χ3v) is 15.3. The Morgan fingerprint density at radius 3 is 1.84 bits per heavy atom. The van der Waals surface area contributed by atoms with Crippen LogP contribution in [-0.4, -0.2) is 48.4 Å². The van der Waals surface area contributed by atoms with Crippen LogP contribution < -0.4 is 20.1 Å². The van der Waals surface area contributed by atoms with Gasteiger partial charge in [0, 0.05) is 28.6 Å². The normalized spacial score (nSPS) is 15.3. The summed E-state index contributed by atoms with van der Waals surface area (Å²) in [4.78, 5) is 50.2. The van der Waals surface area contributed by atoms with Gasteiger partial charge >= 0.3 is 11.9 Å². The Labute approximate surface area is 443 Å². The van der Waals surface area contributed by atoms with E-state index in [-0.39, 0.29) is 36.2 Å². The van der Waals surface area contributed by atoms with Gasteiger partial charge in [-0.3, -0.25) is 9.59 Å². The Hall–Kier alpha value is -7.63. The van der Waals surface area contributed by atoms with Crippen molar-refractivity contribution in [2.45, 2.75) is 96.3 Å². The molecule has 2 heterocycles. The Kier molecular flexibility index (Phi) is 15.8. The third kappa shape index (κ3) is 11.2. The number of hydrogen-bond donors (Lipinski definition) is 2. The number of halogens is 1. The summed E-state index contributed by atoms with van der Waals surface area (Å²) in [5.74, 6) is 1.01. The lowest BCUT2D eigenvalue weighted by Gasteiger charge is -2.26. The van der Waals surface area contributed by atoms with E-state index in [9.17, 15) is 19.2 Å². The number of carbonyl (C=O) groups excluding carboxylic acids is 4. The standard InChI is InChI=1S/C32H32ClNO4.C31H30N2O4/c1-37-32(36)23-12-14-26-24(16-23)17-28(31(26)22-10-6-3-7-11-22)27-15-13-25(18-29(27)34-30(35)19-33)38-20-21-8-4-2-5-9-21;1-36-31(35)22-12-14-25-27(16-22)33-18-28(34)32-26-17-23(37-19-20-8-4-2-5-9-20)13-15-24(26)30(33)29(25)21-10-6-3-7-11-21/h2,4-5,8-9,12-16,18,22H,3,6-7,10-11,17,19-20H2,1H3,(H,34,35);2,4-5,8-9,12-17,21H,3,6-7,10-11,18-19H2,1H3,(H,32,34). The van der Waals surface area contributed by atoms with Crippen LogP contribution in [0.2, 0.25) is 0 Å². The maximum atomic E-state index is 13.1. The molecule has 2 amide bonds. The second kappa shape index (κ2) is 23.3. The van der Waals surface area contributed by atoms with E-state index in [4.69, 9.17) is 30.5 Å². The lowest BCUT2D eigenvalue weighted by molar-refractivity contribution is -0.116. The van der Waals surface area contributed by atoms with Crippen LogP contribution in [0.25, 0.3) is 33.3 Å². The molecule has 3 aliphatic carbocycles. The lowest BCUT2D eigenvalue weighted by Crippen LogP contribution is -2.16. The van der Waals surface area contributed by atoms with Gasteiger partial charge in [-0.2, -0.15) is 0 Å². The Morgan fingerprint density at radius 2 is 1.21 bits per heavy atom. The van der Waals surface area contributed by atoms with Gasteiger partial charge in [0.1, 0.15) is 37.1 Å². The van der Waals surface area contributed by atoms with Crippen LogP contribution in [0.3, 0.4) is 0 Å². The number of hydrogen-bond acceptors (Lipinski definition) is 8. The molecule has 0 bridgehead atoms. The zero-order chi connectivity index (χ0) is 51.8. The molecule has 1 aliphatic heterocycles. The lowest BCUT2D eigenvalue weighted by atomic mass is 9.79. The number of fused-ring (bicyclic) bond motifs is 6. The number of benzene rings is 6. The Morgan fingerprint density at radius 1 is 0.640 bits per heavy atom. The molecule has 0 radical (unpaired) electrons. The fourth-order valence-electron chi connectivity index (χ4n) is 11.6. The van der Waals surface area contributed by atoms with Gasteiger partial charge in [0.2, 0.25) is 11.8 Å². The van der Waals surface area contributed by atoms with Gasteiger partial charge in [-0.05, 0) is 131 Å². The number of nitrogens with one attached hydrogen (secondary N) is 2. The first-order valence-electron chi connectivity index (χ1n) is 26.2. The maximum Gasteiger partial charge on any atom is 0.337 e. The van der Waals surface area contributed by atoms with E-state index in [1.54, 1.807) is 0 Å². The zero-order valence-corrected chi connectivity index (χ0v) is 43.3. The Bertz CT molecular complexity index is 3280. The summed E-state index contributed by atoms with van der Waals surface area (Å²) in [6, 6.07) is 43.5. The molecule has 0 saturated heterocycles. The molecule has 6 aromatic carbocycles. The number of alkyl halides is 1. The SMILES string of the molecule is COC(=O)c1ccc2c(C3CCCCC3)c3n(c2c1)CC(=O)Nc1cc(OCc2ccccc2)ccc1-3.COC(=O)c1ccc2c(c1)CC(c1ccc(OCc3ccccc3)cc1NC(=O)CCl)=C2C1CCCCC1. The summed E-state index contributed by atoms with van der Waals surface area (Å²) >= 11 is 5.88. The topological polar surface area (TPSA) is 134 Å². The molecular formula is C63H62ClN3O8. The van der Waals surface area contributed by atoms with Crippen molar-refractivity contribution in [3.05, 3.63) is 178 Å². The molecule has 0 atom stereocenters. The molecule has 12 heteroatoms. The highest BCUT2D eigenvalue weighted by Gasteiger charge is 2.33. The van der Waals surface area contributed by atoms with Crippen molar-refractivity contribution < 1.29 is 38.1 Å². The average molecular weight is 1020 g/mol. The first-order chi connectivity index (χ1) is 36.7. The van der Waals surface area contributed by atoms with Crippen molar-refractivity contribution in [3.8, 4) is 22.8 Å². The van der Waals surface area contributed by atoms with Crippen LogP contribution in [0.4, 0.5) is 11.4 Å². The number of aromatic nitrogens is 1. The minimum absolute atomic E-state index is 0.101. The molecule has 4 aliphatic rings. The number of amides is 2. The van der Waals surface area contributed by atoms with Crippen molar-refractivity contribution in [2.75, 3.05) is 30.7 Å². The molecule has 0 unspecified atom stereocenters. The fourth-order valence-corrected chi connectivity index (χ4v) is 11.6. The number of esters is 2. The van der Waals surface area contributed by atoms with Crippen molar-refractivity contribution in [1.29, 1.82) is 0 Å². The fraction of sp³-hybridized carbons (Fsp3) is 0.302. The van der Waals surface area contributed by atoms with Crippen molar-refractivity contribution in [3.63, 3.8) is 0 Å². The van der Waals surface area contributed by atoms with Crippen molar-refractivity contribution in [2.24, 2.45) is 5.92 Å². The number of carbonyl (C=O) groups is 4. The average Bonchev–Trinajstić information content (AvgIpc) is 3.95. The number of nitrogens with zero attached hydrogens (tertiary/aromatic N) is 1. The summed E-state index contributed by atoms with van der Waals surface area (Å²) in [5.41, 5.74) is 14.6. The molecule has 11 nitrogen and oxygen atoms in total.